The third-order valence-corrected chi connectivity index (χ3v) is 4.93. The van der Waals surface area contributed by atoms with Crippen molar-refractivity contribution in [3.63, 3.8) is 0 Å². The van der Waals surface area contributed by atoms with E-state index in [-0.39, 0.29) is 11.5 Å². The summed E-state index contributed by atoms with van der Waals surface area (Å²) in [6.45, 7) is 8.06. The molecule has 0 aliphatic rings. The maximum absolute atomic E-state index is 11.5. The van der Waals surface area contributed by atoms with Crippen molar-refractivity contribution in [1.29, 1.82) is 0 Å². The second-order valence-corrected chi connectivity index (χ2v) is 6.91. The van der Waals surface area contributed by atoms with E-state index in [1.165, 1.54) is 24.7 Å². The Morgan fingerprint density at radius 2 is 1.17 bits per heavy atom. The molecule has 0 radical (unpaired) electrons. The Hall–Kier alpha value is -2.58. The fourth-order valence-electron chi connectivity index (χ4n) is 3.08. The van der Waals surface area contributed by atoms with Gasteiger partial charge in [0.05, 0.1) is 25.6 Å². The zero-order valence-electron chi connectivity index (χ0n) is 17.1. The van der Waals surface area contributed by atoms with E-state index in [9.17, 15) is 19.8 Å². The minimum Gasteiger partial charge on any atom is -0.502 e. The molecule has 0 fully saturated rings. The zero-order valence-corrected chi connectivity index (χ0v) is 17.1. The van der Waals surface area contributed by atoms with Gasteiger partial charge in [0.1, 0.15) is 0 Å². The molecule has 0 spiro atoms. The molecule has 29 heavy (non-hydrogen) atoms. The lowest BCUT2D eigenvalue weighted by atomic mass is 10.2. The summed E-state index contributed by atoms with van der Waals surface area (Å²) in [6.07, 6.45) is 5.54. The molecule has 160 valence electrons. The summed E-state index contributed by atoms with van der Waals surface area (Å²) in [5.41, 5.74) is -0.857. The molecule has 8 heteroatoms. The van der Waals surface area contributed by atoms with E-state index < -0.39 is 10.9 Å². The van der Waals surface area contributed by atoms with Gasteiger partial charge in [0.25, 0.3) is 0 Å². The predicted octanol–water partition coefficient (Wildman–Crippen LogP) is 2.52. The highest BCUT2D eigenvalue weighted by Gasteiger charge is 2.13. The maximum atomic E-state index is 11.5. The van der Waals surface area contributed by atoms with E-state index >= 15 is 0 Å². The molecule has 0 unspecified atom stereocenters. The topological polar surface area (TPSA) is 107 Å². The maximum Gasteiger partial charge on any atom is 0.226 e. The van der Waals surface area contributed by atoms with Crippen LogP contribution in [0.1, 0.15) is 44.6 Å². The largest absolute Gasteiger partial charge is 0.502 e. The van der Waals surface area contributed by atoms with Gasteiger partial charge in [0.15, 0.2) is 11.5 Å². The minimum atomic E-state index is -0.428. The average Bonchev–Trinajstić information content (AvgIpc) is 2.72. The van der Waals surface area contributed by atoms with E-state index in [1.54, 1.807) is 0 Å². The van der Waals surface area contributed by atoms with Crippen molar-refractivity contribution in [2.75, 3.05) is 26.2 Å². The highest BCUT2D eigenvalue weighted by Crippen LogP contribution is 2.15. The monoisotopic (exact) mass is 406 g/mol. The van der Waals surface area contributed by atoms with Crippen molar-refractivity contribution >= 4 is 0 Å². The van der Waals surface area contributed by atoms with Gasteiger partial charge in [-0.1, -0.05) is 20.3 Å². The lowest BCUT2D eigenvalue weighted by molar-refractivity contribution is 0.225. The number of aromatic hydroxyl groups is 2. The van der Waals surface area contributed by atoms with Gasteiger partial charge >= 0.3 is 0 Å². The quantitative estimate of drug-likeness (QED) is 0.518. The van der Waals surface area contributed by atoms with Crippen LogP contribution in [-0.4, -0.2) is 46.2 Å². The van der Waals surface area contributed by atoms with Crippen LogP contribution in [0.5, 0.6) is 11.5 Å². The average molecular weight is 406 g/mol. The van der Waals surface area contributed by atoms with Crippen LogP contribution in [0.3, 0.4) is 0 Å². The molecule has 0 amide bonds. The molecule has 2 N–H and O–H groups in total. The van der Waals surface area contributed by atoms with Crippen molar-refractivity contribution < 1.29 is 19.0 Å². The molecule has 0 aromatic carbocycles. The summed E-state index contributed by atoms with van der Waals surface area (Å²) >= 11 is 0. The first-order valence-corrected chi connectivity index (χ1v) is 10.00. The SMILES string of the molecule is CCN(CCCCCN(CC)Cc1occc(=O)c1O)Cc1occc(=O)c1O. The Balaban J connectivity index is 1.75. The van der Waals surface area contributed by atoms with Crippen LogP contribution in [0.15, 0.2) is 43.1 Å². The number of rotatable bonds is 12. The molecule has 2 rings (SSSR count). The van der Waals surface area contributed by atoms with E-state index in [0.717, 1.165) is 45.4 Å². The van der Waals surface area contributed by atoms with Gasteiger partial charge < -0.3 is 19.0 Å². The number of hydrogen-bond acceptors (Lipinski definition) is 8. The second kappa shape index (κ2) is 11.4. The molecule has 0 bridgehead atoms. The van der Waals surface area contributed by atoms with Gasteiger partial charge in [-0.3, -0.25) is 19.4 Å². The Morgan fingerprint density at radius 1 is 0.759 bits per heavy atom. The van der Waals surface area contributed by atoms with E-state index in [4.69, 9.17) is 8.83 Å². The molecular weight excluding hydrogens is 376 g/mol. The van der Waals surface area contributed by atoms with E-state index in [0.29, 0.717) is 24.6 Å². The number of nitrogens with zero attached hydrogens (tertiary/aromatic N) is 2. The van der Waals surface area contributed by atoms with Crippen LogP contribution in [0.25, 0.3) is 0 Å². The molecule has 8 nitrogen and oxygen atoms in total. The van der Waals surface area contributed by atoms with Gasteiger partial charge in [0.2, 0.25) is 22.4 Å². The zero-order chi connectivity index (χ0) is 21.2. The molecule has 2 heterocycles. The van der Waals surface area contributed by atoms with Gasteiger partial charge in [-0.25, -0.2) is 0 Å². The van der Waals surface area contributed by atoms with E-state index in [1.807, 2.05) is 13.8 Å². The molecule has 0 aliphatic carbocycles. The highest BCUT2D eigenvalue weighted by molar-refractivity contribution is 5.23. The normalized spacial score (nSPS) is 11.4. The van der Waals surface area contributed by atoms with Gasteiger partial charge in [-0.2, -0.15) is 0 Å². The summed E-state index contributed by atoms with van der Waals surface area (Å²) in [5.74, 6) is -0.0537. The first kappa shape index (κ1) is 22.7. The van der Waals surface area contributed by atoms with Crippen LogP contribution in [0.2, 0.25) is 0 Å². The van der Waals surface area contributed by atoms with Crippen molar-refractivity contribution in [1.82, 2.24) is 9.80 Å². The molecule has 2 aromatic heterocycles. The summed E-state index contributed by atoms with van der Waals surface area (Å²) in [7, 11) is 0. The number of unbranched alkanes of at least 4 members (excludes halogenated alkanes) is 2. The highest BCUT2D eigenvalue weighted by atomic mass is 16.4. The third kappa shape index (κ3) is 6.76. The lowest BCUT2D eigenvalue weighted by Crippen LogP contribution is -2.26. The van der Waals surface area contributed by atoms with Crippen molar-refractivity contribution in [2.24, 2.45) is 0 Å². The molecule has 2 aromatic rings. The Labute approximate surface area is 170 Å². The Kier molecular flexibility index (Phi) is 8.95. The first-order valence-electron chi connectivity index (χ1n) is 10.00. The van der Waals surface area contributed by atoms with Crippen molar-refractivity contribution in [3.8, 4) is 11.5 Å². The predicted molar refractivity (Wildman–Crippen MR) is 109 cm³/mol. The van der Waals surface area contributed by atoms with Crippen LogP contribution < -0.4 is 10.9 Å². The molecular formula is C21H30N2O6. The smallest absolute Gasteiger partial charge is 0.226 e. The minimum absolute atomic E-state index is 0.292. The fraction of sp³-hybridized carbons (Fsp3) is 0.524. The van der Waals surface area contributed by atoms with Crippen LogP contribution >= 0.6 is 0 Å². The molecule has 0 aliphatic heterocycles. The summed E-state index contributed by atoms with van der Waals surface area (Å²) < 4.78 is 10.5. The summed E-state index contributed by atoms with van der Waals surface area (Å²) in [5, 5.41) is 19.6. The molecule has 0 saturated carbocycles. The third-order valence-electron chi connectivity index (χ3n) is 4.93. The second-order valence-electron chi connectivity index (χ2n) is 6.91. The first-order chi connectivity index (χ1) is 14.0. The fourth-order valence-corrected chi connectivity index (χ4v) is 3.08. The van der Waals surface area contributed by atoms with Gasteiger partial charge in [-0.05, 0) is 39.0 Å². The lowest BCUT2D eigenvalue weighted by Gasteiger charge is -2.21. The van der Waals surface area contributed by atoms with Gasteiger partial charge in [-0.15, -0.1) is 0 Å². The Morgan fingerprint density at radius 3 is 1.55 bits per heavy atom. The molecule has 0 atom stereocenters. The van der Waals surface area contributed by atoms with Crippen LogP contribution in [0, 0.1) is 0 Å². The molecule has 0 saturated heterocycles. The summed E-state index contributed by atoms with van der Waals surface area (Å²) in [6, 6.07) is 2.41. The van der Waals surface area contributed by atoms with Crippen LogP contribution in [0.4, 0.5) is 0 Å². The number of hydrogen-bond donors (Lipinski definition) is 2. The van der Waals surface area contributed by atoms with Crippen molar-refractivity contribution in [2.45, 2.75) is 46.2 Å². The van der Waals surface area contributed by atoms with Gasteiger partial charge in [0, 0.05) is 12.1 Å². The van der Waals surface area contributed by atoms with E-state index in [2.05, 4.69) is 9.80 Å². The summed E-state index contributed by atoms with van der Waals surface area (Å²) in [4.78, 5) is 27.2. The Bertz CT molecular complexity index is 804. The standard InChI is InChI=1S/C21H30N2O6/c1-3-22(14-18-20(26)16(24)8-12-28-18)10-6-5-7-11-23(4-2)15-19-21(27)17(25)9-13-29-19/h8-9,12-13,26-27H,3-7,10-11,14-15H2,1-2H3. The van der Waals surface area contributed by atoms with Crippen LogP contribution in [-0.2, 0) is 13.1 Å². The van der Waals surface area contributed by atoms with Crippen molar-refractivity contribution in [3.05, 3.63) is 56.6 Å².